The van der Waals surface area contributed by atoms with E-state index >= 15 is 0 Å². The Morgan fingerprint density at radius 3 is 2.47 bits per heavy atom. The topological polar surface area (TPSA) is 69.6 Å². The van der Waals surface area contributed by atoms with Gasteiger partial charge in [-0.15, -0.1) is 0 Å². The molecule has 2 N–H and O–H groups in total. The highest BCUT2D eigenvalue weighted by Crippen LogP contribution is 2.17. The molecule has 2 rings (SSSR count). The van der Waals surface area contributed by atoms with Crippen LogP contribution in [-0.4, -0.2) is 30.9 Å². The third-order valence-electron chi connectivity index (χ3n) is 3.26. The zero-order valence-electron chi connectivity index (χ0n) is 10.9. The van der Waals surface area contributed by atoms with E-state index in [4.69, 9.17) is 5.11 Å². The summed E-state index contributed by atoms with van der Waals surface area (Å²) in [6.07, 6.45) is 4.01. The Kier molecular flexibility index (Phi) is 4.79. The summed E-state index contributed by atoms with van der Waals surface area (Å²) in [6, 6.07) is 6.82. The zero-order chi connectivity index (χ0) is 13.7. The summed E-state index contributed by atoms with van der Waals surface area (Å²) >= 11 is 0. The van der Waals surface area contributed by atoms with Crippen LogP contribution in [0.3, 0.4) is 0 Å². The normalized spacial score (nSPS) is 17.9. The summed E-state index contributed by atoms with van der Waals surface area (Å²) in [5.41, 5.74) is 1.19. The van der Waals surface area contributed by atoms with E-state index in [9.17, 15) is 8.42 Å². The summed E-state index contributed by atoms with van der Waals surface area (Å²) in [5, 5.41) is 9.06. The van der Waals surface area contributed by atoms with Gasteiger partial charge in [0, 0.05) is 13.1 Å². The number of nitrogens with one attached hydrogen (secondary N) is 1. The molecule has 0 aromatic heterocycles. The first-order valence-electron chi connectivity index (χ1n) is 6.59. The minimum absolute atomic E-state index is 0.0979. The lowest BCUT2D eigenvalue weighted by molar-refractivity contribution is 0.282. The number of nitrogens with zero attached hydrogens (tertiary/aromatic N) is 1. The minimum Gasteiger partial charge on any atom is -0.392 e. The van der Waals surface area contributed by atoms with Crippen molar-refractivity contribution in [1.29, 1.82) is 0 Å². The fourth-order valence-corrected chi connectivity index (χ4v) is 3.52. The van der Waals surface area contributed by atoms with Gasteiger partial charge in [0.15, 0.2) is 0 Å². The van der Waals surface area contributed by atoms with E-state index in [0.29, 0.717) is 24.3 Å². The van der Waals surface area contributed by atoms with Crippen molar-refractivity contribution < 1.29 is 13.5 Å². The van der Waals surface area contributed by atoms with E-state index in [-0.39, 0.29) is 6.61 Å². The molecule has 19 heavy (non-hydrogen) atoms. The van der Waals surface area contributed by atoms with E-state index in [2.05, 4.69) is 4.72 Å². The average molecular weight is 284 g/mol. The summed E-state index contributed by atoms with van der Waals surface area (Å²) in [6.45, 7) is 1.06. The van der Waals surface area contributed by atoms with E-state index in [1.807, 2.05) is 0 Å². The van der Waals surface area contributed by atoms with Crippen LogP contribution in [0.15, 0.2) is 24.3 Å². The van der Waals surface area contributed by atoms with Gasteiger partial charge in [-0.1, -0.05) is 25.0 Å². The van der Waals surface area contributed by atoms with Crippen LogP contribution in [0.2, 0.25) is 0 Å². The van der Waals surface area contributed by atoms with Gasteiger partial charge in [-0.05, 0) is 30.5 Å². The lowest BCUT2D eigenvalue weighted by Crippen LogP contribution is -2.36. The van der Waals surface area contributed by atoms with Crippen molar-refractivity contribution >= 4 is 15.9 Å². The molecule has 1 heterocycles. The third-order valence-corrected chi connectivity index (χ3v) is 4.80. The van der Waals surface area contributed by atoms with Crippen molar-refractivity contribution in [3.05, 3.63) is 29.8 Å². The van der Waals surface area contributed by atoms with E-state index in [1.165, 1.54) is 4.31 Å². The second-order valence-electron chi connectivity index (χ2n) is 4.78. The minimum atomic E-state index is -3.48. The maximum Gasteiger partial charge on any atom is 0.301 e. The molecule has 0 amide bonds. The molecule has 0 spiro atoms. The number of aliphatic hydroxyl groups is 1. The van der Waals surface area contributed by atoms with Crippen molar-refractivity contribution in [2.45, 2.75) is 32.3 Å². The average Bonchev–Trinajstić information content (AvgIpc) is 2.68. The van der Waals surface area contributed by atoms with Crippen molar-refractivity contribution in [2.24, 2.45) is 0 Å². The smallest absolute Gasteiger partial charge is 0.301 e. The van der Waals surface area contributed by atoms with Crippen LogP contribution < -0.4 is 4.72 Å². The Labute approximate surface area is 114 Å². The van der Waals surface area contributed by atoms with Crippen LogP contribution in [0.5, 0.6) is 0 Å². The third kappa shape index (κ3) is 3.92. The quantitative estimate of drug-likeness (QED) is 0.884. The van der Waals surface area contributed by atoms with Gasteiger partial charge in [0.25, 0.3) is 0 Å². The molecule has 1 aromatic carbocycles. The molecule has 1 aliphatic rings. The van der Waals surface area contributed by atoms with Crippen molar-refractivity contribution in [2.75, 3.05) is 17.8 Å². The molecule has 0 unspecified atom stereocenters. The second kappa shape index (κ2) is 6.36. The first kappa shape index (κ1) is 14.3. The molecule has 106 valence electrons. The van der Waals surface area contributed by atoms with Crippen LogP contribution in [0, 0.1) is 0 Å². The van der Waals surface area contributed by atoms with Gasteiger partial charge >= 0.3 is 10.2 Å². The predicted octanol–water partition coefficient (Wildman–Crippen LogP) is 1.71. The van der Waals surface area contributed by atoms with Gasteiger partial charge < -0.3 is 5.11 Å². The van der Waals surface area contributed by atoms with Crippen LogP contribution >= 0.6 is 0 Å². The lowest BCUT2D eigenvalue weighted by atomic mass is 10.2. The first-order valence-corrected chi connectivity index (χ1v) is 8.03. The first-order chi connectivity index (χ1) is 9.12. The molecular formula is C13H20N2O3S. The van der Waals surface area contributed by atoms with Gasteiger partial charge in [0.05, 0.1) is 12.3 Å². The van der Waals surface area contributed by atoms with Crippen LogP contribution in [0.4, 0.5) is 5.69 Å². The molecule has 5 nitrogen and oxygen atoms in total. The summed E-state index contributed by atoms with van der Waals surface area (Å²) in [5.74, 6) is 0. The Hall–Kier alpha value is -1.11. The molecular weight excluding hydrogens is 264 g/mol. The summed E-state index contributed by atoms with van der Waals surface area (Å²) < 4.78 is 28.6. The molecule has 6 heteroatoms. The Balaban J connectivity index is 2.10. The van der Waals surface area contributed by atoms with Crippen LogP contribution in [0.25, 0.3) is 0 Å². The summed E-state index contributed by atoms with van der Waals surface area (Å²) in [4.78, 5) is 0. The molecule has 0 radical (unpaired) electrons. The maximum atomic E-state index is 12.3. The van der Waals surface area contributed by atoms with Gasteiger partial charge in [-0.3, -0.25) is 4.72 Å². The number of aliphatic hydroxyl groups excluding tert-OH is 1. The molecule has 0 atom stereocenters. The predicted molar refractivity (Wildman–Crippen MR) is 74.9 cm³/mol. The molecule has 0 bridgehead atoms. The van der Waals surface area contributed by atoms with E-state index in [0.717, 1.165) is 25.7 Å². The van der Waals surface area contributed by atoms with Crippen LogP contribution in [-0.2, 0) is 16.8 Å². The van der Waals surface area contributed by atoms with Gasteiger partial charge in [-0.25, -0.2) is 0 Å². The van der Waals surface area contributed by atoms with Gasteiger partial charge in [-0.2, -0.15) is 12.7 Å². The largest absolute Gasteiger partial charge is 0.392 e. The van der Waals surface area contributed by atoms with Crippen molar-refractivity contribution in [1.82, 2.24) is 4.31 Å². The number of hydrogen-bond acceptors (Lipinski definition) is 3. The molecule has 1 saturated heterocycles. The maximum absolute atomic E-state index is 12.3. The van der Waals surface area contributed by atoms with Crippen molar-refractivity contribution in [3.8, 4) is 0 Å². The van der Waals surface area contributed by atoms with Crippen LogP contribution in [0.1, 0.15) is 31.2 Å². The Bertz CT molecular complexity index is 508. The molecule has 0 aliphatic carbocycles. The SMILES string of the molecule is O=S(=O)(Nc1cccc(CO)c1)N1CCCCCC1. The fraction of sp³-hybridized carbons (Fsp3) is 0.538. The fourth-order valence-electron chi connectivity index (χ4n) is 2.23. The van der Waals surface area contributed by atoms with E-state index < -0.39 is 10.2 Å². The second-order valence-corrected chi connectivity index (χ2v) is 6.45. The Morgan fingerprint density at radius 1 is 1.16 bits per heavy atom. The molecule has 0 saturated carbocycles. The molecule has 1 fully saturated rings. The highest BCUT2D eigenvalue weighted by Gasteiger charge is 2.22. The summed E-state index contributed by atoms with van der Waals surface area (Å²) in [7, 11) is -3.48. The zero-order valence-corrected chi connectivity index (χ0v) is 11.7. The van der Waals surface area contributed by atoms with Gasteiger partial charge in [0.2, 0.25) is 0 Å². The van der Waals surface area contributed by atoms with Gasteiger partial charge in [0.1, 0.15) is 0 Å². The molecule has 1 aromatic rings. The highest BCUT2D eigenvalue weighted by molar-refractivity contribution is 7.90. The number of hydrogen-bond donors (Lipinski definition) is 2. The number of benzene rings is 1. The number of anilines is 1. The number of rotatable bonds is 4. The Morgan fingerprint density at radius 2 is 1.84 bits per heavy atom. The van der Waals surface area contributed by atoms with E-state index in [1.54, 1.807) is 24.3 Å². The van der Waals surface area contributed by atoms with Crippen molar-refractivity contribution in [3.63, 3.8) is 0 Å². The molecule has 1 aliphatic heterocycles. The standard InChI is InChI=1S/C13H20N2O3S/c16-11-12-6-5-7-13(10-12)14-19(17,18)15-8-3-1-2-4-9-15/h5-7,10,14,16H,1-4,8-9,11H2. The lowest BCUT2D eigenvalue weighted by Gasteiger charge is -2.20. The monoisotopic (exact) mass is 284 g/mol. The highest BCUT2D eigenvalue weighted by atomic mass is 32.2.